The largest absolute Gasteiger partial charge is 0.357 e. The highest BCUT2D eigenvalue weighted by Crippen LogP contribution is 2.18. The van der Waals surface area contributed by atoms with Gasteiger partial charge in [0.2, 0.25) is 0 Å². The second-order valence-electron chi connectivity index (χ2n) is 5.37. The first-order valence-electron chi connectivity index (χ1n) is 7.87. The van der Waals surface area contributed by atoms with Crippen molar-refractivity contribution in [2.75, 3.05) is 32.1 Å². The van der Waals surface area contributed by atoms with E-state index >= 15 is 0 Å². The minimum Gasteiger partial charge on any atom is -0.357 e. The summed E-state index contributed by atoms with van der Waals surface area (Å²) >= 11 is 1.64. The van der Waals surface area contributed by atoms with Gasteiger partial charge in [0, 0.05) is 32.6 Å². The van der Waals surface area contributed by atoms with Gasteiger partial charge in [-0.05, 0) is 18.9 Å². The number of thiazole rings is 1. The number of hydrogen-bond acceptors (Lipinski definition) is 4. The van der Waals surface area contributed by atoms with Crippen LogP contribution in [0.15, 0.2) is 40.7 Å². The van der Waals surface area contributed by atoms with Crippen molar-refractivity contribution in [3.8, 4) is 0 Å². The molecule has 0 bridgehead atoms. The van der Waals surface area contributed by atoms with Gasteiger partial charge in [0.05, 0.1) is 12.2 Å². The van der Waals surface area contributed by atoms with Gasteiger partial charge in [-0.25, -0.2) is 9.98 Å². The van der Waals surface area contributed by atoms with Crippen LogP contribution in [0.25, 0.3) is 0 Å². The maximum Gasteiger partial charge on any atom is 0.191 e. The molecule has 2 N–H and O–H groups in total. The first-order chi connectivity index (χ1) is 11.2. The monoisotopic (exact) mass is 459 g/mol. The van der Waals surface area contributed by atoms with Crippen molar-refractivity contribution < 1.29 is 0 Å². The fraction of sp³-hybridized carbons (Fsp3) is 0.412. The van der Waals surface area contributed by atoms with E-state index in [9.17, 15) is 0 Å². The molecule has 1 aromatic heterocycles. The van der Waals surface area contributed by atoms with Crippen LogP contribution in [0.3, 0.4) is 0 Å². The number of halogens is 1. The van der Waals surface area contributed by atoms with E-state index in [1.54, 1.807) is 11.3 Å². The fourth-order valence-electron chi connectivity index (χ4n) is 2.05. The molecule has 0 saturated carbocycles. The van der Waals surface area contributed by atoms with Crippen molar-refractivity contribution in [1.29, 1.82) is 0 Å². The van der Waals surface area contributed by atoms with Crippen LogP contribution in [0.1, 0.15) is 18.2 Å². The molecule has 0 amide bonds. The molecule has 0 radical (unpaired) electrons. The highest BCUT2D eigenvalue weighted by Gasteiger charge is 2.04. The number of guanidine groups is 1. The predicted molar refractivity (Wildman–Crippen MR) is 115 cm³/mol. The number of aromatic nitrogens is 1. The Bertz CT molecular complexity index is 612. The Labute approximate surface area is 165 Å². The lowest BCUT2D eigenvalue weighted by Gasteiger charge is -2.11. The third-order valence-electron chi connectivity index (χ3n) is 3.21. The zero-order chi connectivity index (χ0) is 16.5. The maximum absolute atomic E-state index is 4.61. The van der Waals surface area contributed by atoms with E-state index in [0.717, 1.165) is 36.3 Å². The minimum absolute atomic E-state index is 0. The molecule has 2 aromatic rings. The quantitative estimate of drug-likeness (QED) is 0.380. The van der Waals surface area contributed by atoms with Crippen molar-refractivity contribution >= 4 is 46.4 Å². The second kappa shape index (κ2) is 11.2. The Morgan fingerprint density at radius 2 is 1.96 bits per heavy atom. The van der Waals surface area contributed by atoms with Crippen molar-refractivity contribution in [3.05, 3.63) is 47.0 Å². The normalized spacial score (nSPS) is 10.9. The summed E-state index contributed by atoms with van der Waals surface area (Å²) in [5, 5.41) is 9.72. The zero-order valence-electron chi connectivity index (χ0n) is 14.5. The van der Waals surface area contributed by atoms with E-state index < -0.39 is 0 Å². The van der Waals surface area contributed by atoms with Crippen LogP contribution in [0.5, 0.6) is 0 Å². The Balaban J connectivity index is 0.00000288. The van der Waals surface area contributed by atoms with Crippen LogP contribution in [0.2, 0.25) is 0 Å². The maximum atomic E-state index is 4.61. The standard InChI is InChI=1S/C17H25N5S.HI/c1-4-18-16(19-11-10-14-8-6-5-7-9-14)20-12-15-13-23-17(21-15)22(2)3;/h5-9,13H,4,10-12H2,1-3H3,(H2,18,19,20);1H. The highest BCUT2D eigenvalue weighted by molar-refractivity contribution is 14.0. The average Bonchev–Trinajstić information content (AvgIpc) is 3.03. The molecule has 0 atom stereocenters. The number of nitrogens with zero attached hydrogens (tertiary/aromatic N) is 3. The van der Waals surface area contributed by atoms with Crippen LogP contribution < -0.4 is 15.5 Å². The van der Waals surface area contributed by atoms with Gasteiger partial charge < -0.3 is 15.5 Å². The average molecular weight is 459 g/mol. The van der Waals surface area contributed by atoms with Gasteiger partial charge in [0.1, 0.15) is 0 Å². The Hall–Kier alpha value is -1.35. The summed E-state index contributed by atoms with van der Waals surface area (Å²) in [5.41, 5.74) is 2.32. The van der Waals surface area contributed by atoms with E-state index in [1.165, 1.54) is 5.56 Å². The van der Waals surface area contributed by atoms with Crippen molar-refractivity contribution in [2.45, 2.75) is 19.9 Å². The van der Waals surface area contributed by atoms with Crippen LogP contribution in [0, 0.1) is 0 Å². The lowest BCUT2D eigenvalue weighted by Crippen LogP contribution is -2.38. The number of benzene rings is 1. The van der Waals surface area contributed by atoms with E-state index in [2.05, 4.69) is 57.2 Å². The molecule has 0 unspecified atom stereocenters. The topological polar surface area (TPSA) is 52.6 Å². The lowest BCUT2D eigenvalue weighted by atomic mass is 10.1. The summed E-state index contributed by atoms with van der Waals surface area (Å²) in [4.78, 5) is 11.2. The molecule has 2 rings (SSSR count). The molecule has 7 heteroatoms. The molecule has 24 heavy (non-hydrogen) atoms. The van der Waals surface area contributed by atoms with E-state index in [1.807, 2.05) is 25.1 Å². The van der Waals surface area contributed by atoms with E-state index in [4.69, 9.17) is 0 Å². The number of hydrogen-bond donors (Lipinski definition) is 2. The highest BCUT2D eigenvalue weighted by atomic mass is 127. The Morgan fingerprint density at radius 1 is 1.21 bits per heavy atom. The first-order valence-corrected chi connectivity index (χ1v) is 8.75. The molecule has 1 heterocycles. The molecule has 0 spiro atoms. The molecule has 0 aliphatic rings. The van der Waals surface area contributed by atoms with Gasteiger partial charge in [0.25, 0.3) is 0 Å². The van der Waals surface area contributed by atoms with Crippen LogP contribution >= 0.6 is 35.3 Å². The summed E-state index contributed by atoms with van der Waals surface area (Å²) in [6.07, 6.45) is 0.979. The van der Waals surface area contributed by atoms with Crippen molar-refractivity contribution in [2.24, 2.45) is 4.99 Å². The summed E-state index contributed by atoms with van der Waals surface area (Å²) in [5.74, 6) is 0.836. The molecular weight excluding hydrogens is 433 g/mol. The summed E-state index contributed by atoms with van der Waals surface area (Å²) < 4.78 is 0. The lowest BCUT2D eigenvalue weighted by molar-refractivity contribution is 0.797. The number of anilines is 1. The summed E-state index contributed by atoms with van der Waals surface area (Å²) in [6, 6.07) is 10.5. The van der Waals surface area contributed by atoms with Gasteiger partial charge in [0.15, 0.2) is 11.1 Å². The molecule has 0 saturated heterocycles. The van der Waals surface area contributed by atoms with Crippen molar-refractivity contribution in [1.82, 2.24) is 15.6 Å². The third-order valence-corrected chi connectivity index (χ3v) is 4.27. The predicted octanol–water partition coefficient (Wildman–Crippen LogP) is 3.12. The van der Waals surface area contributed by atoms with Gasteiger partial charge in [-0.3, -0.25) is 0 Å². The minimum atomic E-state index is 0. The van der Waals surface area contributed by atoms with Gasteiger partial charge >= 0.3 is 0 Å². The zero-order valence-corrected chi connectivity index (χ0v) is 17.6. The van der Waals surface area contributed by atoms with E-state index in [-0.39, 0.29) is 24.0 Å². The Kier molecular flexibility index (Phi) is 9.70. The fourth-order valence-corrected chi connectivity index (χ4v) is 2.80. The van der Waals surface area contributed by atoms with Crippen LogP contribution in [0.4, 0.5) is 5.13 Å². The van der Waals surface area contributed by atoms with Gasteiger partial charge in [-0.2, -0.15) is 0 Å². The van der Waals surface area contributed by atoms with Crippen molar-refractivity contribution in [3.63, 3.8) is 0 Å². The summed E-state index contributed by atoms with van der Waals surface area (Å²) in [6.45, 7) is 4.36. The number of nitrogens with one attached hydrogen (secondary N) is 2. The first kappa shape index (κ1) is 20.7. The van der Waals surface area contributed by atoms with Gasteiger partial charge in [-0.1, -0.05) is 30.3 Å². The molecule has 1 aromatic carbocycles. The third kappa shape index (κ3) is 7.04. The van der Waals surface area contributed by atoms with E-state index in [0.29, 0.717) is 6.54 Å². The van der Waals surface area contributed by atoms with Crippen LogP contribution in [-0.2, 0) is 13.0 Å². The SMILES string of the molecule is CCNC(=NCc1csc(N(C)C)n1)NCCc1ccccc1.I. The molecule has 132 valence electrons. The van der Waals surface area contributed by atoms with Crippen LogP contribution in [-0.4, -0.2) is 38.1 Å². The summed E-state index contributed by atoms with van der Waals surface area (Å²) in [7, 11) is 4.00. The molecular formula is C17H26IN5S. The second-order valence-corrected chi connectivity index (χ2v) is 6.21. The Morgan fingerprint density at radius 3 is 2.58 bits per heavy atom. The van der Waals surface area contributed by atoms with Gasteiger partial charge in [-0.15, -0.1) is 35.3 Å². The molecule has 5 nitrogen and oxygen atoms in total. The number of aliphatic imine (C=N–C) groups is 1. The molecule has 0 aliphatic heterocycles. The smallest absolute Gasteiger partial charge is 0.191 e. The molecule has 0 aliphatic carbocycles. The molecule has 0 fully saturated rings. The number of rotatable bonds is 7.